The topological polar surface area (TPSA) is 74.8 Å². The number of para-hydroxylation sites is 1. The highest BCUT2D eigenvalue weighted by atomic mass is 16.4. The summed E-state index contributed by atoms with van der Waals surface area (Å²) in [6, 6.07) is 11.5. The first-order valence-corrected chi connectivity index (χ1v) is 9.23. The first-order chi connectivity index (χ1) is 13.1. The van der Waals surface area contributed by atoms with E-state index >= 15 is 0 Å². The van der Waals surface area contributed by atoms with Gasteiger partial charge in [0.1, 0.15) is 11.3 Å². The molecule has 0 saturated heterocycles. The molecule has 0 bridgehead atoms. The Morgan fingerprint density at radius 3 is 2.59 bits per heavy atom. The minimum atomic E-state index is -0.274. The van der Waals surface area contributed by atoms with Crippen LogP contribution in [0.4, 0.5) is 5.69 Å². The molecule has 1 aromatic heterocycles. The quantitative estimate of drug-likeness (QED) is 0.408. The van der Waals surface area contributed by atoms with Crippen molar-refractivity contribution < 1.29 is 9.52 Å². The Morgan fingerprint density at radius 1 is 1.15 bits per heavy atom. The SMILES string of the molecule is C/C(=N/Nc1ccccc1)c1cc2c3c(c(=O)oc2c(C)c1O)CCCC3. The molecule has 4 rings (SSSR count). The maximum Gasteiger partial charge on any atom is 0.339 e. The highest BCUT2D eigenvalue weighted by molar-refractivity contribution is 6.05. The predicted molar refractivity (Wildman–Crippen MR) is 108 cm³/mol. The van der Waals surface area contributed by atoms with Crippen LogP contribution in [0.1, 0.15) is 42.0 Å². The average Bonchev–Trinajstić information content (AvgIpc) is 2.70. The fraction of sp³-hybridized carbons (Fsp3) is 0.273. The standard InChI is InChI=1S/C22H22N2O3/c1-13-20(25)18(14(2)23-24-15-8-4-3-5-9-15)12-19-16-10-6-7-11-17(16)22(26)27-21(13)19/h3-5,8-9,12,24-25H,6-7,10-11H2,1-2H3/b23-14-. The van der Waals surface area contributed by atoms with Crippen LogP contribution in [0.5, 0.6) is 5.75 Å². The molecule has 0 aliphatic heterocycles. The Labute approximate surface area is 157 Å². The third-order valence-electron chi connectivity index (χ3n) is 5.23. The number of hydrogen-bond acceptors (Lipinski definition) is 5. The lowest BCUT2D eigenvalue weighted by molar-refractivity contribution is 0.466. The van der Waals surface area contributed by atoms with E-state index in [1.165, 1.54) is 0 Å². The maximum absolute atomic E-state index is 12.3. The van der Waals surface area contributed by atoms with Crippen LogP contribution in [0.15, 0.2) is 50.7 Å². The Morgan fingerprint density at radius 2 is 1.85 bits per heavy atom. The number of fused-ring (bicyclic) bond motifs is 3. The van der Waals surface area contributed by atoms with Crippen molar-refractivity contribution in [2.24, 2.45) is 5.10 Å². The first kappa shape index (κ1) is 17.3. The second kappa shape index (κ2) is 6.91. The summed E-state index contributed by atoms with van der Waals surface area (Å²) >= 11 is 0. The van der Waals surface area contributed by atoms with E-state index in [0.29, 0.717) is 22.4 Å². The molecule has 0 spiro atoms. The summed E-state index contributed by atoms with van der Waals surface area (Å²) in [6.07, 6.45) is 3.68. The number of nitrogens with zero attached hydrogens (tertiary/aromatic N) is 1. The smallest absolute Gasteiger partial charge is 0.339 e. The Bertz CT molecular complexity index is 1100. The highest BCUT2D eigenvalue weighted by Gasteiger charge is 2.22. The number of hydrogen-bond donors (Lipinski definition) is 2. The summed E-state index contributed by atoms with van der Waals surface area (Å²) in [5, 5.41) is 16.0. The normalized spacial score (nSPS) is 14.2. The average molecular weight is 362 g/mol. The van der Waals surface area contributed by atoms with Crippen molar-refractivity contribution in [2.45, 2.75) is 39.5 Å². The zero-order valence-electron chi connectivity index (χ0n) is 15.5. The van der Waals surface area contributed by atoms with Crippen LogP contribution in [0, 0.1) is 6.92 Å². The Hall–Kier alpha value is -3.08. The molecule has 0 atom stereocenters. The van der Waals surface area contributed by atoms with Gasteiger partial charge in [0.15, 0.2) is 0 Å². The number of anilines is 1. The van der Waals surface area contributed by atoms with Gasteiger partial charge in [-0.2, -0.15) is 5.10 Å². The molecule has 5 nitrogen and oxygen atoms in total. The second-order valence-electron chi connectivity index (χ2n) is 7.00. The van der Waals surface area contributed by atoms with Crippen molar-refractivity contribution in [3.8, 4) is 5.75 Å². The van der Waals surface area contributed by atoms with Gasteiger partial charge in [-0.25, -0.2) is 4.79 Å². The molecule has 0 fully saturated rings. The van der Waals surface area contributed by atoms with Crippen LogP contribution >= 0.6 is 0 Å². The van der Waals surface area contributed by atoms with E-state index in [-0.39, 0.29) is 11.4 Å². The molecule has 5 heteroatoms. The lowest BCUT2D eigenvalue weighted by Crippen LogP contribution is -2.16. The van der Waals surface area contributed by atoms with E-state index in [9.17, 15) is 9.90 Å². The molecule has 1 aliphatic rings. The van der Waals surface area contributed by atoms with Crippen molar-refractivity contribution in [2.75, 3.05) is 5.43 Å². The zero-order chi connectivity index (χ0) is 19.0. The van der Waals surface area contributed by atoms with Gasteiger partial charge in [-0.05, 0) is 63.3 Å². The summed E-state index contributed by atoms with van der Waals surface area (Å²) < 4.78 is 5.56. The Balaban J connectivity index is 1.85. The molecule has 2 aromatic carbocycles. The van der Waals surface area contributed by atoms with Crippen molar-refractivity contribution in [3.05, 3.63) is 69.1 Å². The lowest BCUT2D eigenvalue weighted by Gasteiger charge is -2.18. The van der Waals surface area contributed by atoms with Gasteiger partial charge in [0.2, 0.25) is 0 Å². The van der Waals surface area contributed by atoms with Crippen LogP contribution in [-0.4, -0.2) is 10.8 Å². The second-order valence-corrected chi connectivity index (χ2v) is 7.00. The molecule has 0 radical (unpaired) electrons. The van der Waals surface area contributed by atoms with Gasteiger partial charge >= 0.3 is 5.63 Å². The molecule has 1 aliphatic carbocycles. The third kappa shape index (κ3) is 3.10. The molecule has 0 saturated carbocycles. The van der Waals surface area contributed by atoms with E-state index in [1.807, 2.05) is 43.3 Å². The van der Waals surface area contributed by atoms with Gasteiger partial charge in [0.25, 0.3) is 0 Å². The van der Waals surface area contributed by atoms with E-state index in [2.05, 4.69) is 10.5 Å². The molecule has 138 valence electrons. The van der Waals surface area contributed by atoms with E-state index in [0.717, 1.165) is 47.9 Å². The Kier molecular flexibility index (Phi) is 4.44. The van der Waals surface area contributed by atoms with Crippen LogP contribution < -0.4 is 11.1 Å². The number of nitrogens with one attached hydrogen (secondary N) is 1. The van der Waals surface area contributed by atoms with E-state index in [1.54, 1.807) is 6.92 Å². The molecule has 2 N–H and O–H groups in total. The number of phenolic OH excluding ortho intramolecular Hbond substituents is 1. The highest BCUT2D eigenvalue weighted by Crippen LogP contribution is 2.35. The fourth-order valence-corrected chi connectivity index (χ4v) is 3.72. The summed E-state index contributed by atoms with van der Waals surface area (Å²) in [5.74, 6) is 0.0949. The summed E-state index contributed by atoms with van der Waals surface area (Å²) in [5.41, 5.74) is 7.80. The number of hydrazone groups is 1. The van der Waals surface area contributed by atoms with Crippen LogP contribution in [0.2, 0.25) is 0 Å². The van der Waals surface area contributed by atoms with E-state index in [4.69, 9.17) is 4.42 Å². The van der Waals surface area contributed by atoms with Gasteiger partial charge < -0.3 is 9.52 Å². The van der Waals surface area contributed by atoms with Gasteiger partial charge in [-0.3, -0.25) is 5.43 Å². The van der Waals surface area contributed by atoms with Gasteiger partial charge in [0.05, 0.1) is 11.4 Å². The molecular formula is C22H22N2O3. The lowest BCUT2D eigenvalue weighted by atomic mass is 9.89. The molecule has 0 amide bonds. The fourth-order valence-electron chi connectivity index (χ4n) is 3.72. The van der Waals surface area contributed by atoms with Crippen molar-refractivity contribution >= 4 is 22.4 Å². The van der Waals surface area contributed by atoms with Crippen molar-refractivity contribution in [1.82, 2.24) is 0 Å². The molecule has 3 aromatic rings. The molecule has 0 unspecified atom stereocenters. The number of aryl methyl sites for hydroxylation is 2. The summed E-state index contributed by atoms with van der Waals surface area (Å²) in [4.78, 5) is 12.3. The molecule has 1 heterocycles. The minimum Gasteiger partial charge on any atom is -0.507 e. The number of aromatic hydroxyl groups is 1. The number of benzene rings is 2. The zero-order valence-corrected chi connectivity index (χ0v) is 15.5. The summed E-state index contributed by atoms with van der Waals surface area (Å²) in [7, 11) is 0. The number of rotatable bonds is 3. The third-order valence-corrected chi connectivity index (χ3v) is 5.23. The minimum absolute atomic E-state index is 0.0949. The van der Waals surface area contributed by atoms with Crippen molar-refractivity contribution in [1.29, 1.82) is 0 Å². The monoisotopic (exact) mass is 362 g/mol. The molecular weight excluding hydrogens is 340 g/mol. The van der Waals surface area contributed by atoms with Crippen LogP contribution in [0.3, 0.4) is 0 Å². The number of phenols is 1. The largest absolute Gasteiger partial charge is 0.507 e. The first-order valence-electron chi connectivity index (χ1n) is 9.23. The summed E-state index contributed by atoms with van der Waals surface area (Å²) in [6.45, 7) is 3.62. The van der Waals surface area contributed by atoms with Gasteiger partial charge in [0, 0.05) is 22.1 Å². The van der Waals surface area contributed by atoms with Crippen molar-refractivity contribution in [3.63, 3.8) is 0 Å². The van der Waals surface area contributed by atoms with Gasteiger partial charge in [-0.1, -0.05) is 18.2 Å². The predicted octanol–water partition coefficient (Wildman–Crippen LogP) is 4.52. The van der Waals surface area contributed by atoms with Gasteiger partial charge in [-0.15, -0.1) is 0 Å². The van der Waals surface area contributed by atoms with Crippen LogP contribution in [-0.2, 0) is 12.8 Å². The van der Waals surface area contributed by atoms with E-state index < -0.39 is 0 Å². The van der Waals surface area contributed by atoms with Crippen LogP contribution in [0.25, 0.3) is 11.0 Å². The molecule has 27 heavy (non-hydrogen) atoms. The maximum atomic E-state index is 12.3.